The van der Waals surface area contributed by atoms with Crippen LogP contribution in [0.25, 0.3) is 10.9 Å². The summed E-state index contributed by atoms with van der Waals surface area (Å²) in [6.45, 7) is 0.615. The van der Waals surface area contributed by atoms with Gasteiger partial charge in [-0.3, -0.25) is 10.1 Å². The van der Waals surface area contributed by atoms with Gasteiger partial charge in [-0.25, -0.2) is 4.98 Å². The van der Waals surface area contributed by atoms with E-state index >= 15 is 0 Å². The van der Waals surface area contributed by atoms with Gasteiger partial charge in [-0.05, 0) is 36.2 Å². The molecule has 3 aromatic rings. The highest BCUT2D eigenvalue weighted by molar-refractivity contribution is 6.31. The zero-order valence-electron chi connectivity index (χ0n) is 12.0. The van der Waals surface area contributed by atoms with Crippen LogP contribution in [0.1, 0.15) is 5.56 Å². The largest absolute Gasteiger partial charge is 0.378 e. The van der Waals surface area contributed by atoms with E-state index in [2.05, 4.69) is 15.3 Å². The fourth-order valence-electron chi connectivity index (χ4n) is 2.40. The highest BCUT2D eigenvalue weighted by Crippen LogP contribution is 2.23. The van der Waals surface area contributed by atoms with Crippen LogP contribution in [0.3, 0.4) is 0 Å². The summed E-state index contributed by atoms with van der Waals surface area (Å²) in [5.41, 5.74) is 7.53. The summed E-state index contributed by atoms with van der Waals surface area (Å²) in [5, 5.41) is 15.6. The van der Waals surface area contributed by atoms with Crippen molar-refractivity contribution >= 4 is 39.8 Å². The minimum Gasteiger partial charge on any atom is -0.378 e. The summed E-state index contributed by atoms with van der Waals surface area (Å²) in [4.78, 5) is 17.3. The second kappa shape index (κ2) is 6.13. The zero-order chi connectivity index (χ0) is 16.4. The second-order valence-electron chi connectivity index (χ2n) is 5.04. The van der Waals surface area contributed by atoms with Gasteiger partial charge in [0, 0.05) is 34.7 Å². The Labute approximate surface area is 136 Å². The molecule has 0 amide bonds. The number of pyridine rings is 1. The molecular formula is C15H14ClN5O2. The molecule has 0 fully saturated rings. The number of rotatable bonds is 5. The van der Waals surface area contributed by atoms with E-state index in [1.54, 1.807) is 6.07 Å². The molecule has 0 radical (unpaired) electrons. The van der Waals surface area contributed by atoms with E-state index in [0.29, 0.717) is 17.4 Å². The van der Waals surface area contributed by atoms with Crippen molar-refractivity contribution in [2.45, 2.75) is 6.42 Å². The number of nitrogens with zero attached hydrogens (tertiary/aromatic N) is 2. The number of hydrogen-bond donors (Lipinski definition) is 3. The number of anilines is 2. The molecule has 23 heavy (non-hydrogen) atoms. The maximum absolute atomic E-state index is 10.7. The standard InChI is InChI=1S/C15H14ClN5O2/c16-10-1-2-12-11(7-10)9(8-19-12)5-6-18-14-4-3-13(21(22)23)15(17)20-14/h1-4,7-8,19H,5-6H2,(H3,17,18,20). The van der Waals surface area contributed by atoms with Gasteiger partial charge in [0.25, 0.3) is 0 Å². The van der Waals surface area contributed by atoms with Crippen LogP contribution >= 0.6 is 11.6 Å². The van der Waals surface area contributed by atoms with Gasteiger partial charge in [-0.15, -0.1) is 0 Å². The third kappa shape index (κ3) is 3.19. The van der Waals surface area contributed by atoms with E-state index < -0.39 is 4.92 Å². The maximum atomic E-state index is 10.7. The normalized spacial score (nSPS) is 10.8. The van der Waals surface area contributed by atoms with Gasteiger partial charge < -0.3 is 16.0 Å². The number of nitrogen functional groups attached to an aromatic ring is 1. The zero-order valence-corrected chi connectivity index (χ0v) is 12.8. The van der Waals surface area contributed by atoms with Gasteiger partial charge in [-0.1, -0.05) is 11.6 Å². The van der Waals surface area contributed by atoms with Crippen LogP contribution in [0, 0.1) is 10.1 Å². The van der Waals surface area contributed by atoms with Gasteiger partial charge in [0.05, 0.1) is 4.92 Å². The van der Waals surface area contributed by atoms with Gasteiger partial charge in [-0.2, -0.15) is 0 Å². The lowest BCUT2D eigenvalue weighted by Crippen LogP contribution is -2.08. The molecule has 0 aliphatic heterocycles. The highest BCUT2D eigenvalue weighted by Gasteiger charge is 2.12. The Morgan fingerprint density at radius 2 is 2.17 bits per heavy atom. The quantitative estimate of drug-likeness (QED) is 0.490. The molecule has 7 nitrogen and oxygen atoms in total. The molecule has 0 bridgehead atoms. The van der Waals surface area contributed by atoms with E-state index in [1.165, 1.54) is 6.07 Å². The fourth-order valence-corrected chi connectivity index (χ4v) is 2.58. The predicted molar refractivity (Wildman–Crippen MR) is 90.8 cm³/mol. The first-order chi connectivity index (χ1) is 11.0. The predicted octanol–water partition coefficient (Wildman–Crippen LogP) is 3.36. The van der Waals surface area contributed by atoms with Crippen molar-refractivity contribution in [2.24, 2.45) is 0 Å². The minimum atomic E-state index is -0.554. The van der Waals surface area contributed by atoms with Gasteiger partial charge >= 0.3 is 5.69 Å². The number of aromatic nitrogens is 2. The molecule has 1 aromatic carbocycles. The van der Waals surface area contributed by atoms with Crippen molar-refractivity contribution in [3.05, 3.63) is 57.2 Å². The first-order valence-electron chi connectivity index (χ1n) is 6.95. The molecule has 3 rings (SSSR count). The van der Waals surface area contributed by atoms with Crippen LogP contribution in [0.5, 0.6) is 0 Å². The van der Waals surface area contributed by atoms with Crippen molar-refractivity contribution in [1.29, 1.82) is 0 Å². The van der Waals surface area contributed by atoms with Crippen molar-refractivity contribution in [1.82, 2.24) is 9.97 Å². The van der Waals surface area contributed by atoms with Crippen molar-refractivity contribution in [3.63, 3.8) is 0 Å². The number of nitrogens with two attached hydrogens (primary N) is 1. The van der Waals surface area contributed by atoms with Crippen molar-refractivity contribution < 1.29 is 4.92 Å². The Hall–Kier alpha value is -2.80. The molecule has 0 saturated carbocycles. The van der Waals surface area contributed by atoms with Gasteiger partial charge in [0.1, 0.15) is 5.82 Å². The third-order valence-electron chi connectivity index (χ3n) is 3.53. The maximum Gasteiger partial charge on any atom is 0.311 e. The summed E-state index contributed by atoms with van der Waals surface area (Å²) in [5.74, 6) is 0.407. The fraction of sp³-hybridized carbons (Fsp3) is 0.133. The molecule has 0 spiro atoms. The Morgan fingerprint density at radius 3 is 2.91 bits per heavy atom. The summed E-state index contributed by atoms with van der Waals surface area (Å²) in [6, 6.07) is 8.58. The number of H-pyrrole nitrogens is 1. The number of fused-ring (bicyclic) bond motifs is 1. The molecule has 0 atom stereocenters. The highest BCUT2D eigenvalue weighted by atomic mass is 35.5. The number of nitro groups is 1. The smallest absolute Gasteiger partial charge is 0.311 e. The average molecular weight is 332 g/mol. The van der Waals surface area contributed by atoms with E-state index in [-0.39, 0.29) is 11.5 Å². The molecule has 0 saturated heterocycles. The molecule has 4 N–H and O–H groups in total. The Kier molecular flexibility index (Phi) is 4.03. The van der Waals surface area contributed by atoms with Crippen molar-refractivity contribution in [3.8, 4) is 0 Å². The van der Waals surface area contributed by atoms with E-state index in [0.717, 1.165) is 22.9 Å². The lowest BCUT2D eigenvalue weighted by Gasteiger charge is -2.06. The van der Waals surface area contributed by atoms with Crippen LogP contribution in [0.2, 0.25) is 5.02 Å². The SMILES string of the molecule is Nc1nc(NCCc2c[nH]c3ccc(Cl)cc23)ccc1[N+](=O)[O-]. The van der Waals surface area contributed by atoms with Gasteiger partial charge in [0.2, 0.25) is 5.82 Å². The van der Waals surface area contributed by atoms with Crippen LogP contribution < -0.4 is 11.1 Å². The Balaban J connectivity index is 1.68. The average Bonchev–Trinajstić information content (AvgIpc) is 2.89. The number of benzene rings is 1. The number of nitrogens with one attached hydrogen (secondary N) is 2. The van der Waals surface area contributed by atoms with Crippen LogP contribution in [0.4, 0.5) is 17.3 Å². The third-order valence-corrected chi connectivity index (χ3v) is 3.76. The van der Waals surface area contributed by atoms with Crippen LogP contribution in [-0.4, -0.2) is 21.4 Å². The summed E-state index contributed by atoms with van der Waals surface area (Å²) in [7, 11) is 0. The van der Waals surface area contributed by atoms with Crippen molar-refractivity contribution in [2.75, 3.05) is 17.6 Å². The van der Waals surface area contributed by atoms with E-state index in [9.17, 15) is 10.1 Å². The lowest BCUT2D eigenvalue weighted by atomic mass is 10.1. The molecular weight excluding hydrogens is 318 g/mol. The Morgan fingerprint density at radius 1 is 1.35 bits per heavy atom. The molecule has 118 valence electrons. The minimum absolute atomic E-state index is 0.0983. The van der Waals surface area contributed by atoms with E-state index in [4.69, 9.17) is 17.3 Å². The summed E-state index contributed by atoms with van der Waals surface area (Å²) >= 11 is 6.03. The summed E-state index contributed by atoms with van der Waals surface area (Å²) in [6.07, 6.45) is 2.69. The molecule has 2 aromatic heterocycles. The topological polar surface area (TPSA) is 110 Å². The molecule has 0 unspecified atom stereocenters. The monoisotopic (exact) mass is 331 g/mol. The lowest BCUT2D eigenvalue weighted by molar-refractivity contribution is -0.384. The molecule has 2 heterocycles. The number of halogens is 1. The molecule has 8 heteroatoms. The first kappa shape index (κ1) is 15.1. The molecule has 0 aliphatic carbocycles. The second-order valence-corrected chi connectivity index (χ2v) is 5.47. The molecule has 0 aliphatic rings. The van der Waals surface area contributed by atoms with E-state index in [1.807, 2.05) is 24.4 Å². The van der Waals surface area contributed by atoms with Crippen LogP contribution in [0.15, 0.2) is 36.5 Å². The number of hydrogen-bond acceptors (Lipinski definition) is 5. The summed E-state index contributed by atoms with van der Waals surface area (Å²) < 4.78 is 0. The number of aromatic amines is 1. The van der Waals surface area contributed by atoms with Crippen LogP contribution in [-0.2, 0) is 6.42 Å². The first-order valence-corrected chi connectivity index (χ1v) is 7.32. The Bertz CT molecular complexity index is 877. The van der Waals surface area contributed by atoms with Gasteiger partial charge in [0.15, 0.2) is 0 Å².